The number of hydrogen-bond donors (Lipinski definition) is 0. The molecule has 5 heterocycles. The van der Waals surface area contributed by atoms with Crippen LogP contribution in [0, 0.1) is 13.8 Å². The van der Waals surface area contributed by atoms with Crippen LogP contribution in [0.1, 0.15) is 43.4 Å². The first kappa shape index (κ1) is 21.7. The minimum absolute atomic E-state index is 0.112. The number of aromatic nitrogens is 5. The Bertz CT molecular complexity index is 1700. The fraction of sp³-hybridized carbons (Fsp3) is 0.259. The van der Waals surface area contributed by atoms with E-state index in [1.54, 1.807) is 22.2 Å². The number of aryl methyl sites for hydroxylation is 2. The zero-order chi connectivity index (χ0) is 24.3. The number of rotatable bonds is 4. The van der Waals surface area contributed by atoms with Gasteiger partial charge in [0.2, 0.25) is 5.82 Å². The highest BCUT2D eigenvalue weighted by Crippen LogP contribution is 2.36. The number of furan rings is 1. The quantitative estimate of drug-likeness (QED) is 0.280. The standard InChI is InChI=1S/C27H25N5O2S/c1-15-12-16(2)29-26-21(15)22-23(35-26)25-30-24(31-32(25)14-28-22)20-11-10-19(34-20)13-33-18-8-6-17(7-9-18)27(3,4)5/h6-12,14H,13H2,1-5H3. The summed E-state index contributed by atoms with van der Waals surface area (Å²) >= 11 is 1.59. The molecule has 0 unspecified atom stereocenters. The van der Waals surface area contributed by atoms with E-state index in [2.05, 4.69) is 56.0 Å². The molecule has 0 radical (unpaired) electrons. The van der Waals surface area contributed by atoms with Gasteiger partial charge in [0.15, 0.2) is 11.4 Å². The summed E-state index contributed by atoms with van der Waals surface area (Å²) in [6.07, 6.45) is 1.70. The number of ether oxygens (including phenoxy) is 1. The van der Waals surface area contributed by atoms with Crippen molar-refractivity contribution in [2.75, 3.05) is 0 Å². The second-order valence-electron chi connectivity index (χ2n) is 9.82. The molecule has 0 N–H and O–H groups in total. The van der Waals surface area contributed by atoms with Crippen molar-refractivity contribution in [3.8, 4) is 17.3 Å². The number of hydrogen-bond acceptors (Lipinski definition) is 7. The van der Waals surface area contributed by atoms with E-state index in [1.807, 2.05) is 31.2 Å². The molecule has 1 aromatic carbocycles. The molecule has 0 atom stereocenters. The van der Waals surface area contributed by atoms with Gasteiger partial charge in [-0.05, 0) is 60.7 Å². The zero-order valence-corrected chi connectivity index (χ0v) is 21.1. The maximum atomic E-state index is 6.01. The predicted octanol–water partition coefficient (Wildman–Crippen LogP) is 6.64. The van der Waals surface area contributed by atoms with Gasteiger partial charge >= 0.3 is 0 Å². The third-order valence-electron chi connectivity index (χ3n) is 6.08. The first-order valence-corrected chi connectivity index (χ1v) is 12.3. The zero-order valence-electron chi connectivity index (χ0n) is 20.3. The Morgan fingerprint density at radius 3 is 2.60 bits per heavy atom. The predicted molar refractivity (Wildman–Crippen MR) is 138 cm³/mol. The monoisotopic (exact) mass is 483 g/mol. The van der Waals surface area contributed by atoms with Crippen LogP contribution in [0.15, 0.2) is 53.2 Å². The van der Waals surface area contributed by atoms with Crippen LogP contribution >= 0.6 is 11.3 Å². The molecule has 6 rings (SSSR count). The maximum absolute atomic E-state index is 6.01. The topological polar surface area (TPSA) is 78.3 Å². The van der Waals surface area contributed by atoms with Crippen molar-refractivity contribution in [2.45, 2.75) is 46.6 Å². The molecule has 6 aromatic rings. The Morgan fingerprint density at radius 2 is 1.83 bits per heavy atom. The third-order valence-corrected chi connectivity index (χ3v) is 7.14. The summed E-state index contributed by atoms with van der Waals surface area (Å²) in [4.78, 5) is 15.1. The molecule has 0 saturated heterocycles. The lowest BCUT2D eigenvalue weighted by Crippen LogP contribution is -2.10. The third kappa shape index (κ3) is 3.83. The molecule has 7 nitrogen and oxygen atoms in total. The van der Waals surface area contributed by atoms with Crippen LogP contribution in [0.25, 0.3) is 37.7 Å². The fourth-order valence-corrected chi connectivity index (χ4v) is 5.48. The molecular weight excluding hydrogens is 458 g/mol. The number of pyridine rings is 1. The number of nitrogens with zero attached hydrogens (tertiary/aromatic N) is 5. The summed E-state index contributed by atoms with van der Waals surface area (Å²) in [5.74, 6) is 2.62. The molecule has 8 heteroatoms. The average molecular weight is 484 g/mol. The molecule has 0 amide bonds. The van der Waals surface area contributed by atoms with Gasteiger partial charge in [0.05, 0.1) is 5.52 Å². The van der Waals surface area contributed by atoms with Crippen LogP contribution in [0.5, 0.6) is 5.75 Å². The summed E-state index contributed by atoms with van der Waals surface area (Å²) in [6.45, 7) is 11.0. The van der Waals surface area contributed by atoms with Gasteiger partial charge < -0.3 is 9.15 Å². The first-order chi connectivity index (χ1) is 16.8. The van der Waals surface area contributed by atoms with E-state index in [9.17, 15) is 0 Å². The van der Waals surface area contributed by atoms with Gasteiger partial charge in [0, 0.05) is 11.1 Å². The summed E-state index contributed by atoms with van der Waals surface area (Å²) in [6, 6.07) is 14.1. The molecule has 0 aliphatic heterocycles. The highest BCUT2D eigenvalue weighted by molar-refractivity contribution is 7.26. The first-order valence-electron chi connectivity index (χ1n) is 11.5. The van der Waals surface area contributed by atoms with Gasteiger partial charge in [-0.3, -0.25) is 0 Å². The van der Waals surface area contributed by atoms with E-state index in [0.29, 0.717) is 24.0 Å². The van der Waals surface area contributed by atoms with Crippen molar-refractivity contribution >= 4 is 37.4 Å². The van der Waals surface area contributed by atoms with Crippen molar-refractivity contribution in [3.63, 3.8) is 0 Å². The van der Waals surface area contributed by atoms with E-state index < -0.39 is 0 Å². The number of fused-ring (bicyclic) bond motifs is 5. The smallest absolute Gasteiger partial charge is 0.218 e. The molecule has 0 spiro atoms. The normalized spacial score (nSPS) is 12.3. The maximum Gasteiger partial charge on any atom is 0.218 e. The van der Waals surface area contributed by atoms with Gasteiger partial charge in [-0.25, -0.2) is 19.5 Å². The highest BCUT2D eigenvalue weighted by atomic mass is 32.1. The lowest BCUT2D eigenvalue weighted by Gasteiger charge is -2.19. The minimum Gasteiger partial charge on any atom is -0.486 e. The van der Waals surface area contributed by atoms with Crippen molar-refractivity contribution in [1.82, 2.24) is 24.6 Å². The largest absolute Gasteiger partial charge is 0.486 e. The Labute approximate surface area is 206 Å². The molecule has 5 aromatic heterocycles. The summed E-state index contributed by atoms with van der Waals surface area (Å²) in [7, 11) is 0. The van der Waals surface area contributed by atoms with E-state index in [0.717, 1.165) is 37.5 Å². The van der Waals surface area contributed by atoms with Crippen molar-refractivity contribution in [3.05, 3.63) is 71.4 Å². The van der Waals surface area contributed by atoms with Crippen LogP contribution in [-0.2, 0) is 12.0 Å². The molecule has 176 valence electrons. The molecule has 0 saturated carbocycles. The SMILES string of the molecule is Cc1cc(C)c2c(n1)sc1c2ncn2nc(-c3ccc(COc4ccc(C(C)(C)C)cc4)o3)nc12. The molecule has 0 bridgehead atoms. The lowest BCUT2D eigenvalue weighted by molar-refractivity contribution is 0.271. The summed E-state index contributed by atoms with van der Waals surface area (Å²) < 4.78 is 14.6. The second-order valence-corrected chi connectivity index (χ2v) is 10.8. The Balaban J connectivity index is 1.28. The molecule has 0 aliphatic rings. The van der Waals surface area contributed by atoms with E-state index in [-0.39, 0.29) is 5.41 Å². The summed E-state index contributed by atoms with van der Waals surface area (Å²) in [5, 5.41) is 5.68. The van der Waals surface area contributed by atoms with Crippen LogP contribution in [0.3, 0.4) is 0 Å². The van der Waals surface area contributed by atoms with Crippen LogP contribution < -0.4 is 4.74 Å². The van der Waals surface area contributed by atoms with Crippen LogP contribution in [0.4, 0.5) is 0 Å². The van der Waals surface area contributed by atoms with E-state index in [4.69, 9.17) is 19.1 Å². The Kier molecular flexibility index (Phi) is 4.89. The van der Waals surface area contributed by atoms with Crippen molar-refractivity contribution < 1.29 is 9.15 Å². The van der Waals surface area contributed by atoms with Gasteiger partial charge in [-0.15, -0.1) is 16.4 Å². The second kappa shape index (κ2) is 7.88. The van der Waals surface area contributed by atoms with Gasteiger partial charge in [-0.1, -0.05) is 32.9 Å². The average Bonchev–Trinajstić information content (AvgIpc) is 3.53. The van der Waals surface area contributed by atoms with Crippen LogP contribution in [-0.4, -0.2) is 24.6 Å². The molecular formula is C27H25N5O2S. The Morgan fingerprint density at radius 1 is 1.03 bits per heavy atom. The molecule has 0 aliphatic carbocycles. The van der Waals surface area contributed by atoms with E-state index in [1.165, 1.54) is 11.1 Å². The van der Waals surface area contributed by atoms with Crippen molar-refractivity contribution in [1.29, 1.82) is 0 Å². The molecule has 35 heavy (non-hydrogen) atoms. The van der Waals surface area contributed by atoms with E-state index >= 15 is 0 Å². The van der Waals surface area contributed by atoms with Gasteiger partial charge in [0.25, 0.3) is 0 Å². The lowest BCUT2D eigenvalue weighted by atomic mass is 9.87. The number of thiophene rings is 1. The minimum atomic E-state index is 0.112. The van der Waals surface area contributed by atoms with Crippen molar-refractivity contribution in [2.24, 2.45) is 0 Å². The van der Waals surface area contributed by atoms with Gasteiger partial charge in [-0.2, -0.15) is 0 Å². The number of benzene rings is 1. The Hall–Kier alpha value is -3.78. The molecule has 0 fully saturated rings. The fourth-order valence-electron chi connectivity index (χ4n) is 4.25. The highest BCUT2D eigenvalue weighted by Gasteiger charge is 2.18. The van der Waals surface area contributed by atoms with Gasteiger partial charge in [0.1, 0.15) is 34.0 Å². The summed E-state index contributed by atoms with van der Waals surface area (Å²) in [5.41, 5.74) is 5.20. The van der Waals surface area contributed by atoms with Crippen LogP contribution in [0.2, 0.25) is 0 Å².